The third-order valence-electron chi connectivity index (χ3n) is 4.67. The molecule has 122 valence electrons. The van der Waals surface area contributed by atoms with Crippen LogP contribution < -0.4 is 4.90 Å². The van der Waals surface area contributed by atoms with Gasteiger partial charge in [-0.15, -0.1) is 10.2 Å². The SMILES string of the molecule is CC(C)(C)N(C(=O)O)[C@@H]1[C@@H]2CC[C@H]1CN(c1nnc(Br)s1)C2. The van der Waals surface area contributed by atoms with Gasteiger partial charge in [0.05, 0.1) is 0 Å². The summed E-state index contributed by atoms with van der Waals surface area (Å²) >= 11 is 4.90. The van der Waals surface area contributed by atoms with Gasteiger partial charge in [-0.05, 0) is 61.4 Å². The van der Waals surface area contributed by atoms with E-state index < -0.39 is 6.09 Å². The number of amides is 1. The Labute approximate surface area is 142 Å². The smallest absolute Gasteiger partial charge is 0.408 e. The zero-order valence-electron chi connectivity index (χ0n) is 13.0. The molecule has 2 heterocycles. The van der Waals surface area contributed by atoms with Gasteiger partial charge in [0.15, 0.2) is 3.92 Å². The predicted molar refractivity (Wildman–Crippen MR) is 89.4 cm³/mol. The maximum absolute atomic E-state index is 11.8. The van der Waals surface area contributed by atoms with Gasteiger partial charge in [0.1, 0.15) is 0 Å². The molecule has 1 aromatic rings. The zero-order valence-corrected chi connectivity index (χ0v) is 15.4. The Morgan fingerprint density at radius 3 is 2.32 bits per heavy atom. The summed E-state index contributed by atoms with van der Waals surface area (Å²) in [4.78, 5) is 15.8. The second-order valence-corrected chi connectivity index (χ2v) is 9.39. The molecular formula is C14H21BrN4O2S. The van der Waals surface area contributed by atoms with Crippen molar-refractivity contribution in [1.82, 2.24) is 15.1 Å². The highest BCUT2D eigenvalue weighted by molar-refractivity contribution is 9.11. The van der Waals surface area contributed by atoms with E-state index in [4.69, 9.17) is 0 Å². The molecule has 1 aliphatic carbocycles. The van der Waals surface area contributed by atoms with Crippen molar-refractivity contribution in [3.63, 3.8) is 0 Å². The average Bonchev–Trinajstić information content (AvgIpc) is 2.90. The second kappa shape index (κ2) is 5.63. The van der Waals surface area contributed by atoms with E-state index in [0.717, 1.165) is 35.0 Å². The fraction of sp³-hybridized carbons (Fsp3) is 0.786. The molecule has 1 aromatic heterocycles. The molecule has 0 unspecified atom stereocenters. The monoisotopic (exact) mass is 388 g/mol. The van der Waals surface area contributed by atoms with Crippen LogP contribution in [0.3, 0.4) is 0 Å². The number of rotatable bonds is 2. The van der Waals surface area contributed by atoms with E-state index in [-0.39, 0.29) is 11.6 Å². The summed E-state index contributed by atoms with van der Waals surface area (Å²) in [5.41, 5.74) is -0.370. The Hall–Kier alpha value is -0.890. The number of fused-ring (bicyclic) bond motifs is 2. The van der Waals surface area contributed by atoms with Crippen LogP contribution >= 0.6 is 27.3 Å². The molecule has 3 rings (SSSR count). The number of piperidine rings is 1. The van der Waals surface area contributed by atoms with Crippen molar-refractivity contribution in [3.05, 3.63) is 3.92 Å². The third-order valence-corrected chi connectivity index (χ3v) is 6.09. The van der Waals surface area contributed by atoms with E-state index in [0.29, 0.717) is 11.8 Å². The second-order valence-electron chi connectivity index (χ2n) is 7.15. The lowest BCUT2D eigenvalue weighted by Crippen LogP contribution is -2.59. The molecule has 22 heavy (non-hydrogen) atoms. The van der Waals surface area contributed by atoms with Gasteiger partial charge in [-0.1, -0.05) is 11.3 Å². The Balaban J connectivity index is 1.82. The highest BCUT2D eigenvalue weighted by Crippen LogP contribution is 2.44. The van der Waals surface area contributed by atoms with Crippen LogP contribution in [-0.4, -0.2) is 51.0 Å². The summed E-state index contributed by atoms with van der Waals surface area (Å²) in [7, 11) is 0. The summed E-state index contributed by atoms with van der Waals surface area (Å²) in [5, 5.41) is 18.9. The van der Waals surface area contributed by atoms with Gasteiger partial charge in [0, 0.05) is 24.7 Å². The van der Waals surface area contributed by atoms with Crippen LogP contribution in [0.1, 0.15) is 33.6 Å². The largest absolute Gasteiger partial charge is 0.465 e. The molecule has 1 N–H and O–H groups in total. The van der Waals surface area contributed by atoms with Gasteiger partial charge in [-0.3, -0.25) is 4.90 Å². The minimum absolute atomic E-state index is 0.116. The van der Waals surface area contributed by atoms with Crippen molar-refractivity contribution in [3.8, 4) is 0 Å². The molecule has 1 saturated carbocycles. The topological polar surface area (TPSA) is 69.6 Å². The third kappa shape index (κ3) is 2.82. The lowest BCUT2D eigenvalue weighted by Gasteiger charge is -2.47. The average molecular weight is 389 g/mol. The van der Waals surface area contributed by atoms with E-state index >= 15 is 0 Å². The first-order chi connectivity index (χ1) is 10.3. The molecule has 0 aromatic carbocycles. The molecule has 3 atom stereocenters. The highest BCUT2D eigenvalue weighted by atomic mass is 79.9. The van der Waals surface area contributed by atoms with Gasteiger partial charge in [-0.25, -0.2) is 4.79 Å². The van der Waals surface area contributed by atoms with Crippen LogP contribution in [0.2, 0.25) is 0 Å². The van der Waals surface area contributed by atoms with Gasteiger partial charge in [0.25, 0.3) is 0 Å². The lowest BCUT2D eigenvalue weighted by atomic mass is 9.88. The van der Waals surface area contributed by atoms with E-state index in [2.05, 4.69) is 31.0 Å². The van der Waals surface area contributed by atoms with Crippen LogP contribution in [0.5, 0.6) is 0 Å². The first-order valence-electron chi connectivity index (χ1n) is 7.53. The molecule has 0 spiro atoms. The van der Waals surface area contributed by atoms with E-state index in [1.165, 1.54) is 11.3 Å². The number of hydrogen-bond donors (Lipinski definition) is 1. The molecule has 1 aliphatic heterocycles. The Morgan fingerprint density at radius 2 is 1.91 bits per heavy atom. The van der Waals surface area contributed by atoms with Crippen molar-refractivity contribution in [2.45, 2.75) is 45.2 Å². The van der Waals surface area contributed by atoms with Crippen LogP contribution in [0.15, 0.2) is 3.92 Å². The van der Waals surface area contributed by atoms with E-state index in [1.54, 1.807) is 4.90 Å². The Bertz CT molecular complexity index is 559. The van der Waals surface area contributed by atoms with E-state index in [1.807, 2.05) is 20.8 Å². The molecular weight excluding hydrogens is 368 g/mol. The van der Waals surface area contributed by atoms with E-state index in [9.17, 15) is 9.90 Å². The fourth-order valence-corrected chi connectivity index (χ4v) is 5.07. The summed E-state index contributed by atoms with van der Waals surface area (Å²) in [6, 6.07) is 0.116. The van der Waals surface area contributed by atoms with Crippen LogP contribution in [0.4, 0.5) is 9.93 Å². The molecule has 2 aliphatic rings. The maximum atomic E-state index is 11.8. The fourth-order valence-electron chi connectivity index (χ4n) is 3.96. The van der Waals surface area contributed by atoms with Gasteiger partial charge >= 0.3 is 6.09 Å². The van der Waals surface area contributed by atoms with Crippen LogP contribution in [0, 0.1) is 11.8 Å². The predicted octanol–water partition coefficient (Wildman–Crippen LogP) is 3.29. The number of halogens is 1. The van der Waals surface area contributed by atoms with Crippen molar-refractivity contribution >= 4 is 38.5 Å². The first kappa shape index (κ1) is 16.0. The molecule has 6 nitrogen and oxygen atoms in total. The number of hydrogen-bond acceptors (Lipinski definition) is 5. The number of nitrogens with zero attached hydrogens (tertiary/aromatic N) is 4. The number of carbonyl (C=O) groups is 1. The van der Waals surface area contributed by atoms with Crippen molar-refractivity contribution < 1.29 is 9.90 Å². The number of aromatic nitrogens is 2. The summed E-state index contributed by atoms with van der Waals surface area (Å²) < 4.78 is 0.791. The minimum Gasteiger partial charge on any atom is -0.465 e. The molecule has 2 bridgehead atoms. The van der Waals surface area contributed by atoms with Gasteiger partial charge < -0.3 is 10.0 Å². The number of carboxylic acid groups (broad SMARTS) is 1. The quantitative estimate of drug-likeness (QED) is 0.841. The molecule has 2 fully saturated rings. The van der Waals surface area contributed by atoms with Crippen molar-refractivity contribution in [1.29, 1.82) is 0 Å². The molecule has 0 radical (unpaired) electrons. The van der Waals surface area contributed by atoms with Crippen molar-refractivity contribution in [2.75, 3.05) is 18.0 Å². The van der Waals surface area contributed by atoms with Crippen LogP contribution in [0.25, 0.3) is 0 Å². The van der Waals surface area contributed by atoms with Gasteiger partial charge in [0.2, 0.25) is 5.13 Å². The van der Waals surface area contributed by atoms with Gasteiger partial charge in [-0.2, -0.15) is 0 Å². The van der Waals surface area contributed by atoms with Crippen molar-refractivity contribution in [2.24, 2.45) is 11.8 Å². The first-order valence-corrected chi connectivity index (χ1v) is 9.14. The maximum Gasteiger partial charge on any atom is 0.408 e. The molecule has 8 heteroatoms. The normalized spacial score (nSPS) is 28.0. The lowest BCUT2D eigenvalue weighted by molar-refractivity contribution is 0.0358. The number of anilines is 1. The molecule has 1 amide bonds. The summed E-state index contributed by atoms with van der Waals surface area (Å²) in [5.74, 6) is 0.744. The van der Waals surface area contributed by atoms with Crippen LogP contribution in [-0.2, 0) is 0 Å². The highest BCUT2D eigenvalue weighted by Gasteiger charge is 2.49. The standard InChI is InChI=1S/C14H21BrN4O2S/c1-14(2,3)19(13(20)21)10-8-4-5-9(10)7-18(6-8)12-17-16-11(15)22-12/h8-10H,4-7H2,1-3H3,(H,20,21)/t8-,9+,10-. The Kier molecular flexibility index (Phi) is 4.09. The Morgan fingerprint density at radius 1 is 1.32 bits per heavy atom. The summed E-state index contributed by atoms with van der Waals surface area (Å²) in [6.07, 6.45) is 1.37. The summed E-state index contributed by atoms with van der Waals surface area (Å²) in [6.45, 7) is 7.67. The minimum atomic E-state index is -0.804. The molecule has 1 saturated heterocycles. The zero-order chi connectivity index (χ0) is 16.1.